The molecule has 0 bridgehead atoms. The molecule has 0 atom stereocenters. The monoisotopic (exact) mass is 291 g/mol. The minimum absolute atomic E-state index is 0.354. The predicted molar refractivity (Wildman–Crippen MR) is 83.7 cm³/mol. The van der Waals surface area contributed by atoms with Crippen molar-refractivity contribution in [3.63, 3.8) is 0 Å². The fourth-order valence-electron chi connectivity index (χ4n) is 2.52. The predicted octanol–water partition coefficient (Wildman–Crippen LogP) is 1.06. The molecule has 0 aliphatic carbocycles. The minimum atomic E-state index is -0.865. The number of carboxylic acid groups (broad SMARTS) is 1. The first-order chi connectivity index (χ1) is 10.0. The molecule has 1 N–H and O–H groups in total. The van der Waals surface area contributed by atoms with Crippen LogP contribution >= 0.6 is 0 Å². The highest BCUT2D eigenvalue weighted by Gasteiger charge is 2.16. The lowest BCUT2D eigenvalue weighted by molar-refractivity contribution is 0.0697. The number of hydrogen-bond donors (Lipinski definition) is 1. The first-order valence-corrected chi connectivity index (χ1v) is 7.46. The summed E-state index contributed by atoms with van der Waals surface area (Å²) >= 11 is 0. The Labute approximate surface area is 126 Å². The zero-order chi connectivity index (χ0) is 15.2. The van der Waals surface area contributed by atoms with Gasteiger partial charge in [0.2, 0.25) is 0 Å². The normalized spacial score (nSPS) is 17.3. The first-order valence-electron chi connectivity index (χ1n) is 7.46. The van der Waals surface area contributed by atoms with Gasteiger partial charge in [-0.15, -0.1) is 0 Å². The van der Waals surface area contributed by atoms with Crippen LogP contribution in [-0.4, -0.2) is 79.1 Å². The van der Waals surface area contributed by atoms with Crippen LogP contribution in [0.5, 0.6) is 0 Å². The van der Waals surface area contributed by atoms with Gasteiger partial charge in [-0.1, -0.05) is 12.1 Å². The van der Waals surface area contributed by atoms with Gasteiger partial charge in [0.25, 0.3) is 0 Å². The molecule has 1 aromatic carbocycles. The van der Waals surface area contributed by atoms with E-state index >= 15 is 0 Å². The lowest BCUT2D eigenvalue weighted by atomic mass is 10.1. The van der Waals surface area contributed by atoms with Crippen molar-refractivity contribution in [1.29, 1.82) is 0 Å². The second kappa shape index (κ2) is 7.54. The quantitative estimate of drug-likeness (QED) is 0.849. The lowest BCUT2D eigenvalue weighted by Gasteiger charge is -2.35. The van der Waals surface area contributed by atoms with Gasteiger partial charge >= 0.3 is 5.97 Å². The van der Waals surface area contributed by atoms with Crippen molar-refractivity contribution in [2.24, 2.45) is 0 Å². The molecule has 5 heteroatoms. The van der Waals surface area contributed by atoms with Gasteiger partial charge in [0.15, 0.2) is 0 Å². The SMILES string of the molecule is CN(C)CCN1CCN(Cc2ccc(C(=O)O)cc2)CC1. The molecule has 1 saturated heterocycles. The maximum atomic E-state index is 10.8. The summed E-state index contributed by atoms with van der Waals surface area (Å²) < 4.78 is 0. The Bertz CT molecular complexity index is 451. The van der Waals surface area contributed by atoms with Crippen LogP contribution in [-0.2, 0) is 6.54 Å². The van der Waals surface area contributed by atoms with E-state index in [0.29, 0.717) is 5.56 Å². The topological polar surface area (TPSA) is 47.0 Å². The zero-order valence-corrected chi connectivity index (χ0v) is 13.0. The van der Waals surface area contributed by atoms with Gasteiger partial charge in [0.05, 0.1) is 5.56 Å². The number of benzene rings is 1. The third-order valence-electron chi connectivity index (χ3n) is 3.94. The van der Waals surface area contributed by atoms with Crippen molar-refractivity contribution in [3.05, 3.63) is 35.4 Å². The van der Waals surface area contributed by atoms with Gasteiger partial charge in [0.1, 0.15) is 0 Å². The first kappa shape index (κ1) is 15.9. The zero-order valence-electron chi connectivity index (χ0n) is 13.0. The van der Waals surface area contributed by atoms with E-state index in [9.17, 15) is 4.79 Å². The largest absolute Gasteiger partial charge is 0.478 e. The van der Waals surface area contributed by atoms with E-state index in [1.54, 1.807) is 12.1 Å². The molecule has 1 fully saturated rings. The number of rotatable bonds is 6. The number of aromatic carboxylic acids is 1. The summed E-state index contributed by atoms with van der Waals surface area (Å²) in [6.45, 7) is 7.52. The van der Waals surface area contributed by atoms with Crippen LogP contribution < -0.4 is 0 Å². The van der Waals surface area contributed by atoms with E-state index in [0.717, 1.165) is 45.8 Å². The van der Waals surface area contributed by atoms with E-state index in [1.165, 1.54) is 5.56 Å². The molecule has 0 aromatic heterocycles. The minimum Gasteiger partial charge on any atom is -0.478 e. The van der Waals surface area contributed by atoms with Gasteiger partial charge in [-0.05, 0) is 31.8 Å². The number of carbonyl (C=O) groups is 1. The molecule has 1 aliphatic rings. The Morgan fingerprint density at radius 1 is 1.10 bits per heavy atom. The molecule has 0 amide bonds. The molecule has 0 unspecified atom stereocenters. The van der Waals surface area contributed by atoms with Crippen LogP contribution in [0.4, 0.5) is 0 Å². The maximum Gasteiger partial charge on any atom is 0.335 e. The second-order valence-electron chi connectivity index (χ2n) is 5.92. The average Bonchev–Trinajstić information content (AvgIpc) is 2.47. The van der Waals surface area contributed by atoms with Crippen molar-refractivity contribution in [2.45, 2.75) is 6.54 Å². The van der Waals surface area contributed by atoms with Gasteiger partial charge in [0, 0.05) is 45.8 Å². The number of piperazine rings is 1. The lowest BCUT2D eigenvalue weighted by Crippen LogP contribution is -2.47. The summed E-state index contributed by atoms with van der Waals surface area (Å²) in [5.74, 6) is -0.865. The molecule has 116 valence electrons. The molecule has 0 spiro atoms. The molecule has 5 nitrogen and oxygen atoms in total. The van der Waals surface area contributed by atoms with Gasteiger partial charge in [-0.3, -0.25) is 9.80 Å². The molecule has 1 aliphatic heterocycles. The molecule has 21 heavy (non-hydrogen) atoms. The molecule has 2 rings (SSSR count). The summed E-state index contributed by atoms with van der Waals surface area (Å²) in [5, 5.41) is 8.90. The summed E-state index contributed by atoms with van der Waals surface area (Å²) in [5.41, 5.74) is 1.54. The van der Waals surface area contributed by atoms with Crippen LogP contribution in [0.2, 0.25) is 0 Å². The van der Waals surface area contributed by atoms with Crippen LogP contribution in [0, 0.1) is 0 Å². The van der Waals surface area contributed by atoms with Crippen molar-refractivity contribution in [3.8, 4) is 0 Å². The highest BCUT2D eigenvalue weighted by molar-refractivity contribution is 5.87. The molecule has 0 radical (unpaired) electrons. The maximum absolute atomic E-state index is 10.8. The molecule has 0 saturated carbocycles. The van der Waals surface area contributed by atoms with Gasteiger partial charge in [-0.2, -0.15) is 0 Å². The highest BCUT2D eigenvalue weighted by atomic mass is 16.4. The third kappa shape index (κ3) is 5.12. The van der Waals surface area contributed by atoms with Gasteiger partial charge in [-0.25, -0.2) is 4.79 Å². The standard InChI is InChI=1S/C16H25N3O2/c1-17(2)7-8-18-9-11-19(12-10-18)13-14-3-5-15(6-4-14)16(20)21/h3-6H,7-13H2,1-2H3,(H,20,21). The van der Waals surface area contributed by atoms with Crippen molar-refractivity contribution < 1.29 is 9.90 Å². The summed E-state index contributed by atoms with van der Waals surface area (Å²) in [4.78, 5) is 18.0. The van der Waals surface area contributed by atoms with Crippen molar-refractivity contribution in [1.82, 2.24) is 14.7 Å². The number of likely N-dealkylation sites (N-methyl/N-ethyl adjacent to an activating group) is 1. The number of carboxylic acids is 1. The molecule has 1 aromatic rings. The van der Waals surface area contributed by atoms with Crippen LogP contribution in [0.3, 0.4) is 0 Å². The summed E-state index contributed by atoms with van der Waals surface area (Å²) in [6, 6.07) is 7.21. The van der Waals surface area contributed by atoms with Crippen LogP contribution in [0.25, 0.3) is 0 Å². The average molecular weight is 291 g/mol. The number of nitrogens with zero attached hydrogens (tertiary/aromatic N) is 3. The fraction of sp³-hybridized carbons (Fsp3) is 0.562. The van der Waals surface area contributed by atoms with E-state index in [-0.39, 0.29) is 0 Å². The van der Waals surface area contributed by atoms with E-state index in [4.69, 9.17) is 5.11 Å². The Morgan fingerprint density at radius 3 is 2.19 bits per heavy atom. The molecular formula is C16H25N3O2. The Balaban J connectivity index is 1.76. The van der Waals surface area contributed by atoms with Gasteiger partial charge < -0.3 is 10.0 Å². The Kier molecular flexibility index (Phi) is 5.73. The Hall–Kier alpha value is -1.43. The van der Waals surface area contributed by atoms with Crippen LogP contribution in [0.1, 0.15) is 15.9 Å². The van der Waals surface area contributed by atoms with E-state index in [2.05, 4.69) is 28.8 Å². The van der Waals surface area contributed by atoms with E-state index < -0.39 is 5.97 Å². The van der Waals surface area contributed by atoms with Crippen molar-refractivity contribution in [2.75, 3.05) is 53.4 Å². The number of hydrogen-bond acceptors (Lipinski definition) is 4. The fourth-order valence-corrected chi connectivity index (χ4v) is 2.52. The smallest absolute Gasteiger partial charge is 0.335 e. The molecule has 1 heterocycles. The third-order valence-corrected chi connectivity index (χ3v) is 3.94. The molecular weight excluding hydrogens is 266 g/mol. The summed E-state index contributed by atoms with van der Waals surface area (Å²) in [7, 11) is 4.22. The van der Waals surface area contributed by atoms with Crippen LogP contribution in [0.15, 0.2) is 24.3 Å². The highest BCUT2D eigenvalue weighted by Crippen LogP contribution is 2.10. The Morgan fingerprint density at radius 2 is 1.67 bits per heavy atom. The van der Waals surface area contributed by atoms with Crippen molar-refractivity contribution >= 4 is 5.97 Å². The van der Waals surface area contributed by atoms with E-state index in [1.807, 2.05) is 12.1 Å². The summed E-state index contributed by atoms with van der Waals surface area (Å²) in [6.07, 6.45) is 0. The second-order valence-corrected chi connectivity index (χ2v) is 5.92.